The van der Waals surface area contributed by atoms with Gasteiger partial charge in [0.05, 0.1) is 0 Å². The molecule has 132 valence electrons. The lowest BCUT2D eigenvalue weighted by Gasteiger charge is -2.19. The van der Waals surface area contributed by atoms with Gasteiger partial charge in [0.15, 0.2) is 0 Å². The molecule has 0 saturated heterocycles. The number of aromatic nitrogens is 2. The minimum atomic E-state index is -0.567. The van der Waals surface area contributed by atoms with E-state index in [9.17, 15) is 4.79 Å². The number of carbonyl (C=O) groups excluding carboxylic acids is 1. The van der Waals surface area contributed by atoms with Gasteiger partial charge in [-0.1, -0.05) is 60.1 Å². The van der Waals surface area contributed by atoms with E-state index in [1.165, 1.54) is 6.07 Å². The summed E-state index contributed by atoms with van der Waals surface area (Å²) >= 11 is 5.93. The fourth-order valence-corrected chi connectivity index (χ4v) is 2.69. The first kappa shape index (κ1) is 17.7. The van der Waals surface area contributed by atoms with Crippen LogP contribution in [0.5, 0.6) is 0 Å². The van der Waals surface area contributed by atoms with Crippen LogP contribution in [0.1, 0.15) is 5.56 Å². The lowest BCUT2D eigenvalue weighted by Crippen LogP contribution is -2.37. The Kier molecular flexibility index (Phi) is 5.66. The zero-order valence-corrected chi connectivity index (χ0v) is 14.6. The van der Waals surface area contributed by atoms with Crippen molar-refractivity contribution in [3.8, 4) is 0 Å². The summed E-state index contributed by atoms with van der Waals surface area (Å²) in [7, 11) is 0. The van der Waals surface area contributed by atoms with Crippen LogP contribution in [0.25, 0.3) is 0 Å². The van der Waals surface area contributed by atoms with Gasteiger partial charge in [0, 0.05) is 18.2 Å². The first-order valence-corrected chi connectivity index (χ1v) is 8.44. The number of nitrogens with two attached hydrogens (primary N) is 1. The molecule has 0 radical (unpaired) electrons. The van der Waals surface area contributed by atoms with Crippen LogP contribution in [0.2, 0.25) is 5.15 Å². The highest BCUT2D eigenvalue weighted by atomic mass is 35.5. The highest BCUT2D eigenvalue weighted by Gasteiger charge is 2.20. The van der Waals surface area contributed by atoms with Gasteiger partial charge in [-0.25, -0.2) is 4.98 Å². The third-order valence-corrected chi connectivity index (χ3v) is 3.87. The topological polar surface area (TPSA) is 92.9 Å². The maximum absolute atomic E-state index is 12.8. The SMILES string of the molecule is Nc1nc(Cl)cc(N[C@H](Cc2ccccc2)C(=O)Nc2ccccc2)n1. The summed E-state index contributed by atoms with van der Waals surface area (Å²) in [6.07, 6.45) is 0.473. The van der Waals surface area contributed by atoms with Crippen molar-refractivity contribution in [3.05, 3.63) is 77.4 Å². The average molecular weight is 368 g/mol. The molecule has 1 atom stereocenters. The number of carbonyl (C=O) groups is 1. The molecule has 0 unspecified atom stereocenters. The standard InChI is InChI=1S/C19H18ClN5O/c20-16-12-17(25-19(21)24-16)23-15(11-13-7-3-1-4-8-13)18(26)22-14-9-5-2-6-10-14/h1-10,12,15H,11H2,(H,22,26)(H3,21,23,24,25)/t15-/m1/s1. The summed E-state index contributed by atoms with van der Waals surface area (Å²) in [5.74, 6) is 0.252. The molecule has 0 aliphatic carbocycles. The van der Waals surface area contributed by atoms with Crippen LogP contribution in [0.15, 0.2) is 66.7 Å². The van der Waals surface area contributed by atoms with E-state index >= 15 is 0 Å². The minimum absolute atomic E-state index is 0.0435. The van der Waals surface area contributed by atoms with Gasteiger partial charge >= 0.3 is 0 Å². The normalized spacial score (nSPS) is 11.6. The molecule has 0 aliphatic heterocycles. The Morgan fingerprint density at radius 1 is 1.04 bits per heavy atom. The molecule has 26 heavy (non-hydrogen) atoms. The molecule has 6 nitrogen and oxygen atoms in total. The first-order chi connectivity index (χ1) is 12.6. The molecule has 0 spiro atoms. The van der Waals surface area contributed by atoms with E-state index in [1.807, 2.05) is 60.7 Å². The van der Waals surface area contributed by atoms with E-state index in [-0.39, 0.29) is 17.0 Å². The first-order valence-electron chi connectivity index (χ1n) is 8.06. The third kappa shape index (κ3) is 4.94. The van der Waals surface area contributed by atoms with Crippen molar-refractivity contribution in [3.63, 3.8) is 0 Å². The molecule has 0 aliphatic rings. The molecule has 0 bridgehead atoms. The highest BCUT2D eigenvalue weighted by molar-refractivity contribution is 6.29. The minimum Gasteiger partial charge on any atom is -0.368 e. The van der Waals surface area contributed by atoms with Crippen molar-refractivity contribution in [2.24, 2.45) is 0 Å². The number of anilines is 3. The summed E-state index contributed by atoms with van der Waals surface area (Å²) in [5.41, 5.74) is 7.38. The number of nitrogen functional groups attached to an aromatic ring is 1. The molecule has 1 heterocycles. The van der Waals surface area contributed by atoms with Gasteiger partial charge in [0.25, 0.3) is 0 Å². The Bertz CT molecular complexity index is 853. The van der Waals surface area contributed by atoms with Crippen molar-refractivity contribution in [2.75, 3.05) is 16.4 Å². The third-order valence-electron chi connectivity index (χ3n) is 3.67. The summed E-state index contributed by atoms with van der Waals surface area (Å²) in [6.45, 7) is 0. The number of hydrogen-bond acceptors (Lipinski definition) is 5. The van der Waals surface area contributed by atoms with E-state index in [1.54, 1.807) is 0 Å². The molecule has 3 rings (SSSR count). The van der Waals surface area contributed by atoms with Crippen molar-refractivity contribution in [2.45, 2.75) is 12.5 Å². The molecule has 7 heteroatoms. The van der Waals surface area contributed by atoms with Gasteiger partial charge < -0.3 is 16.4 Å². The van der Waals surface area contributed by atoms with Gasteiger partial charge in [0.2, 0.25) is 11.9 Å². The van der Waals surface area contributed by atoms with E-state index < -0.39 is 6.04 Å². The fraction of sp³-hybridized carbons (Fsp3) is 0.105. The van der Waals surface area contributed by atoms with Crippen molar-refractivity contribution in [1.82, 2.24) is 9.97 Å². The van der Waals surface area contributed by atoms with Crippen molar-refractivity contribution >= 4 is 35.0 Å². The van der Waals surface area contributed by atoms with E-state index in [4.69, 9.17) is 17.3 Å². The van der Waals surface area contributed by atoms with Crippen LogP contribution in [0.3, 0.4) is 0 Å². The monoisotopic (exact) mass is 367 g/mol. The fourth-order valence-electron chi connectivity index (χ4n) is 2.50. The number of para-hydroxylation sites is 1. The lowest BCUT2D eigenvalue weighted by molar-refractivity contribution is -0.116. The molecular formula is C19H18ClN5O. The number of halogens is 1. The summed E-state index contributed by atoms with van der Waals surface area (Å²) in [6, 6.07) is 20.0. The second-order valence-electron chi connectivity index (χ2n) is 5.68. The van der Waals surface area contributed by atoms with Crippen LogP contribution in [0, 0.1) is 0 Å². The number of nitrogens with one attached hydrogen (secondary N) is 2. The zero-order chi connectivity index (χ0) is 18.4. The number of benzene rings is 2. The van der Waals surface area contributed by atoms with Crippen LogP contribution in [-0.2, 0) is 11.2 Å². The Hall–Kier alpha value is -3.12. The van der Waals surface area contributed by atoms with Crippen LogP contribution < -0.4 is 16.4 Å². The second-order valence-corrected chi connectivity index (χ2v) is 6.06. The molecule has 1 aromatic heterocycles. The summed E-state index contributed by atoms with van der Waals surface area (Å²) < 4.78 is 0. The average Bonchev–Trinajstić information content (AvgIpc) is 2.62. The Balaban J connectivity index is 1.81. The van der Waals surface area contributed by atoms with E-state index in [0.717, 1.165) is 11.3 Å². The lowest BCUT2D eigenvalue weighted by atomic mass is 10.1. The second kappa shape index (κ2) is 8.31. The maximum Gasteiger partial charge on any atom is 0.247 e. The largest absolute Gasteiger partial charge is 0.368 e. The molecule has 2 aromatic carbocycles. The summed E-state index contributed by atoms with van der Waals surface area (Å²) in [4.78, 5) is 20.7. The molecule has 4 N–H and O–H groups in total. The predicted molar refractivity (Wildman–Crippen MR) is 104 cm³/mol. The number of hydrogen-bond donors (Lipinski definition) is 3. The van der Waals surface area contributed by atoms with Gasteiger partial charge in [0.1, 0.15) is 17.0 Å². The van der Waals surface area contributed by atoms with E-state index in [2.05, 4.69) is 20.6 Å². The van der Waals surface area contributed by atoms with E-state index in [0.29, 0.717) is 12.2 Å². The number of amides is 1. The van der Waals surface area contributed by atoms with Crippen molar-refractivity contribution < 1.29 is 4.79 Å². The quantitative estimate of drug-likeness (QED) is 0.581. The summed E-state index contributed by atoms with van der Waals surface area (Å²) in [5, 5.41) is 6.21. The number of rotatable bonds is 6. The van der Waals surface area contributed by atoms with Crippen molar-refractivity contribution in [1.29, 1.82) is 0 Å². The Morgan fingerprint density at radius 2 is 1.69 bits per heavy atom. The van der Waals surface area contributed by atoms with Crippen LogP contribution >= 0.6 is 11.6 Å². The Labute approximate surface area is 156 Å². The molecule has 3 aromatic rings. The van der Waals surface area contributed by atoms with Gasteiger partial charge in [-0.05, 0) is 17.7 Å². The maximum atomic E-state index is 12.8. The molecular weight excluding hydrogens is 350 g/mol. The van der Waals surface area contributed by atoms with Gasteiger partial charge in [-0.2, -0.15) is 4.98 Å². The smallest absolute Gasteiger partial charge is 0.247 e. The molecule has 1 amide bonds. The van der Waals surface area contributed by atoms with Crippen LogP contribution in [-0.4, -0.2) is 21.9 Å². The molecule has 0 saturated carbocycles. The highest BCUT2D eigenvalue weighted by Crippen LogP contribution is 2.16. The van der Waals surface area contributed by atoms with Gasteiger partial charge in [-0.15, -0.1) is 0 Å². The van der Waals surface area contributed by atoms with Gasteiger partial charge in [-0.3, -0.25) is 4.79 Å². The number of nitrogens with zero attached hydrogens (tertiary/aromatic N) is 2. The van der Waals surface area contributed by atoms with Crippen LogP contribution in [0.4, 0.5) is 17.5 Å². The predicted octanol–water partition coefficient (Wildman–Crippen LogP) is 3.37. The zero-order valence-electron chi connectivity index (χ0n) is 13.9. The Morgan fingerprint density at radius 3 is 2.35 bits per heavy atom. The molecule has 0 fully saturated rings.